The summed E-state index contributed by atoms with van der Waals surface area (Å²) in [6.07, 6.45) is 0.568. The van der Waals surface area contributed by atoms with E-state index >= 15 is 0 Å². The number of hydrogen-bond donors (Lipinski definition) is 1. The predicted octanol–water partition coefficient (Wildman–Crippen LogP) is 5.33. The molecule has 0 saturated carbocycles. The minimum absolute atomic E-state index is 0.00468. The third-order valence-corrected chi connectivity index (χ3v) is 5.53. The molecule has 1 aliphatic rings. The van der Waals surface area contributed by atoms with Gasteiger partial charge in [-0.3, -0.25) is 9.59 Å². The Bertz CT molecular complexity index is 915. The molecule has 5 nitrogen and oxygen atoms in total. The first-order valence-corrected chi connectivity index (χ1v) is 10.8. The van der Waals surface area contributed by atoms with Crippen LogP contribution in [0.25, 0.3) is 0 Å². The lowest BCUT2D eigenvalue weighted by molar-refractivity contribution is -0.133. The zero-order valence-electron chi connectivity index (χ0n) is 17.5. The Morgan fingerprint density at radius 1 is 0.967 bits per heavy atom. The maximum Gasteiger partial charge on any atom is 0.257 e. The van der Waals surface area contributed by atoms with Gasteiger partial charge in [0.05, 0.1) is 10.6 Å². The number of nitrogens with one attached hydrogen (secondary N) is 1. The summed E-state index contributed by atoms with van der Waals surface area (Å²) in [4.78, 5) is 29.1. The quantitative estimate of drug-likeness (QED) is 0.688. The Morgan fingerprint density at radius 2 is 1.60 bits per heavy atom. The van der Waals surface area contributed by atoms with Gasteiger partial charge in [-0.25, -0.2) is 0 Å². The predicted molar refractivity (Wildman–Crippen MR) is 124 cm³/mol. The van der Waals surface area contributed by atoms with Crippen LogP contribution >= 0.6 is 23.2 Å². The summed E-state index contributed by atoms with van der Waals surface area (Å²) in [7, 11) is 0. The Hall–Kier alpha value is -2.24. The van der Waals surface area contributed by atoms with Gasteiger partial charge in [-0.05, 0) is 47.9 Å². The summed E-state index contributed by atoms with van der Waals surface area (Å²) >= 11 is 12.0. The lowest BCUT2D eigenvalue weighted by Gasteiger charge is -2.37. The van der Waals surface area contributed by atoms with Crippen LogP contribution in [0.3, 0.4) is 0 Å². The minimum atomic E-state index is -0.282. The molecule has 2 amide bonds. The molecule has 2 aromatic carbocycles. The van der Waals surface area contributed by atoms with Crippen LogP contribution < -0.4 is 10.2 Å². The van der Waals surface area contributed by atoms with Crippen molar-refractivity contribution in [3.05, 3.63) is 58.1 Å². The average molecular weight is 448 g/mol. The SMILES string of the molecule is CC(C)(C)CC(=O)N1CCN(c2ccc(NC(=O)c3ccc(Cl)cc3Cl)cc2)CC1. The highest BCUT2D eigenvalue weighted by molar-refractivity contribution is 6.37. The molecule has 7 heteroatoms. The Labute approximate surface area is 187 Å². The van der Waals surface area contributed by atoms with E-state index in [1.807, 2.05) is 29.2 Å². The van der Waals surface area contributed by atoms with Gasteiger partial charge in [0.1, 0.15) is 0 Å². The van der Waals surface area contributed by atoms with Crippen LogP contribution in [-0.4, -0.2) is 42.9 Å². The second kappa shape index (κ2) is 9.27. The van der Waals surface area contributed by atoms with Gasteiger partial charge in [-0.1, -0.05) is 44.0 Å². The normalized spacial score (nSPS) is 14.6. The maximum atomic E-state index is 12.4. The smallest absolute Gasteiger partial charge is 0.257 e. The zero-order chi connectivity index (χ0) is 21.9. The van der Waals surface area contributed by atoms with Gasteiger partial charge in [0.25, 0.3) is 5.91 Å². The number of piperazine rings is 1. The summed E-state index contributed by atoms with van der Waals surface area (Å²) in [5.41, 5.74) is 2.14. The van der Waals surface area contributed by atoms with Crippen molar-refractivity contribution in [1.29, 1.82) is 0 Å². The van der Waals surface area contributed by atoms with E-state index in [0.717, 1.165) is 31.9 Å². The number of anilines is 2. The van der Waals surface area contributed by atoms with E-state index in [4.69, 9.17) is 23.2 Å². The number of rotatable bonds is 4. The highest BCUT2D eigenvalue weighted by Crippen LogP contribution is 2.25. The molecule has 3 rings (SSSR count). The number of carbonyl (C=O) groups is 2. The Balaban J connectivity index is 1.56. The fourth-order valence-corrected chi connectivity index (χ4v) is 3.90. The fourth-order valence-electron chi connectivity index (χ4n) is 3.41. The van der Waals surface area contributed by atoms with E-state index in [0.29, 0.717) is 27.7 Å². The molecule has 1 saturated heterocycles. The molecule has 0 aromatic heterocycles. The number of carbonyl (C=O) groups excluding carboxylic acids is 2. The molecule has 0 atom stereocenters. The van der Waals surface area contributed by atoms with Crippen LogP contribution in [0, 0.1) is 5.41 Å². The largest absolute Gasteiger partial charge is 0.368 e. The summed E-state index contributed by atoms with van der Waals surface area (Å²) < 4.78 is 0. The Morgan fingerprint density at radius 3 is 2.17 bits per heavy atom. The molecular formula is C23H27Cl2N3O2. The first-order chi connectivity index (χ1) is 14.1. The van der Waals surface area contributed by atoms with Crippen LogP contribution in [0.1, 0.15) is 37.6 Å². The monoisotopic (exact) mass is 447 g/mol. The number of amides is 2. The molecular weight excluding hydrogens is 421 g/mol. The van der Waals surface area contributed by atoms with Gasteiger partial charge in [0.2, 0.25) is 5.91 Å². The standard InChI is InChI=1S/C23H27Cl2N3O2/c1-23(2,3)15-21(29)28-12-10-27(11-13-28)18-7-5-17(6-8-18)26-22(30)19-9-4-16(24)14-20(19)25/h4-9,14H,10-13,15H2,1-3H3,(H,26,30). The van der Waals surface area contributed by atoms with E-state index in [1.165, 1.54) is 0 Å². The number of halogens is 2. The number of hydrogen-bond acceptors (Lipinski definition) is 3. The van der Waals surface area contributed by atoms with E-state index in [1.54, 1.807) is 18.2 Å². The molecule has 0 radical (unpaired) electrons. The van der Waals surface area contributed by atoms with Gasteiger partial charge in [-0.15, -0.1) is 0 Å². The van der Waals surface area contributed by atoms with E-state index < -0.39 is 0 Å². The highest BCUT2D eigenvalue weighted by Gasteiger charge is 2.25. The van der Waals surface area contributed by atoms with Crippen molar-refractivity contribution in [2.24, 2.45) is 5.41 Å². The molecule has 30 heavy (non-hydrogen) atoms. The first kappa shape index (κ1) is 22.4. The molecule has 0 bridgehead atoms. The van der Waals surface area contributed by atoms with Crippen LogP contribution in [0.4, 0.5) is 11.4 Å². The topological polar surface area (TPSA) is 52.7 Å². The van der Waals surface area contributed by atoms with Crippen molar-refractivity contribution < 1.29 is 9.59 Å². The van der Waals surface area contributed by atoms with Crippen LogP contribution in [0.5, 0.6) is 0 Å². The van der Waals surface area contributed by atoms with Crippen molar-refractivity contribution in [2.75, 3.05) is 36.4 Å². The van der Waals surface area contributed by atoms with Crippen molar-refractivity contribution >= 4 is 46.4 Å². The van der Waals surface area contributed by atoms with Crippen molar-refractivity contribution in [3.8, 4) is 0 Å². The Kier molecular flexibility index (Phi) is 6.94. The van der Waals surface area contributed by atoms with Crippen molar-refractivity contribution in [2.45, 2.75) is 27.2 Å². The van der Waals surface area contributed by atoms with Crippen molar-refractivity contribution in [3.63, 3.8) is 0 Å². The second-order valence-electron chi connectivity index (χ2n) is 8.73. The highest BCUT2D eigenvalue weighted by atomic mass is 35.5. The summed E-state index contributed by atoms with van der Waals surface area (Å²) in [6, 6.07) is 12.5. The van der Waals surface area contributed by atoms with Gasteiger partial charge in [0, 0.05) is 49.0 Å². The summed E-state index contributed by atoms with van der Waals surface area (Å²) in [6.45, 7) is 9.29. The summed E-state index contributed by atoms with van der Waals surface area (Å²) in [5.74, 6) is -0.0588. The number of benzene rings is 2. The minimum Gasteiger partial charge on any atom is -0.368 e. The van der Waals surface area contributed by atoms with Gasteiger partial charge >= 0.3 is 0 Å². The first-order valence-electron chi connectivity index (χ1n) is 10.0. The third-order valence-electron chi connectivity index (χ3n) is 4.98. The van der Waals surface area contributed by atoms with E-state index in [2.05, 4.69) is 31.0 Å². The van der Waals surface area contributed by atoms with Gasteiger partial charge < -0.3 is 15.1 Å². The number of nitrogens with zero attached hydrogens (tertiary/aromatic N) is 2. The molecule has 2 aromatic rings. The lowest BCUT2D eigenvalue weighted by atomic mass is 9.91. The molecule has 0 unspecified atom stereocenters. The molecule has 160 valence electrons. The van der Waals surface area contributed by atoms with Crippen LogP contribution in [-0.2, 0) is 4.79 Å². The lowest BCUT2D eigenvalue weighted by Crippen LogP contribution is -2.49. The van der Waals surface area contributed by atoms with Crippen molar-refractivity contribution in [1.82, 2.24) is 4.90 Å². The molecule has 0 aliphatic carbocycles. The zero-order valence-corrected chi connectivity index (χ0v) is 19.1. The molecule has 1 fully saturated rings. The van der Waals surface area contributed by atoms with Gasteiger partial charge in [-0.2, -0.15) is 0 Å². The van der Waals surface area contributed by atoms with E-state index in [-0.39, 0.29) is 17.2 Å². The van der Waals surface area contributed by atoms with Crippen LogP contribution in [0.15, 0.2) is 42.5 Å². The molecule has 0 spiro atoms. The molecule has 1 N–H and O–H groups in total. The molecule has 1 heterocycles. The fraction of sp³-hybridized carbons (Fsp3) is 0.391. The van der Waals surface area contributed by atoms with Crippen LogP contribution in [0.2, 0.25) is 10.0 Å². The third kappa shape index (κ3) is 5.89. The summed E-state index contributed by atoms with van der Waals surface area (Å²) in [5, 5.41) is 3.66. The average Bonchev–Trinajstić information content (AvgIpc) is 2.67. The second-order valence-corrected chi connectivity index (χ2v) is 9.57. The molecule has 1 aliphatic heterocycles. The maximum absolute atomic E-state index is 12.4. The van der Waals surface area contributed by atoms with Gasteiger partial charge in [0.15, 0.2) is 0 Å². The van der Waals surface area contributed by atoms with E-state index in [9.17, 15) is 9.59 Å².